The largest absolute Gasteiger partial charge is 0.456 e. The number of carbonyl (C=O) groups excluding carboxylic acids is 4. The number of rotatable bonds is 9. The van der Waals surface area contributed by atoms with Crippen LogP contribution in [0.1, 0.15) is 70.3 Å². The number of esters is 1. The number of fused-ring (bicyclic) bond motifs is 1. The monoisotopic (exact) mass is 421 g/mol. The van der Waals surface area contributed by atoms with E-state index < -0.39 is 30.4 Å². The summed E-state index contributed by atoms with van der Waals surface area (Å²) in [5.41, 5.74) is 2.14. The fourth-order valence-electron chi connectivity index (χ4n) is 3.68. The number of ether oxygens (including phenoxy) is 1. The Morgan fingerprint density at radius 3 is 2.03 bits per heavy atom. The molecule has 0 fully saturated rings. The van der Waals surface area contributed by atoms with E-state index in [0.29, 0.717) is 5.56 Å². The van der Waals surface area contributed by atoms with Crippen LogP contribution in [0.4, 0.5) is 0 Å². The summed E-state index contributed by atoms with van der Waals surface area (Å²) in [7, 11) is 0. The van der Waals surface area contributed by atoms with Gasteiger partial charge in [-0.05, 0) is 36.5 Å². The molecule has 1 aliphatic rings. The smallest absolute Gasteiger partial charge is 0.330 e. The Morgan fingerprint density at radius 2 is 1.52 bits per heavy atom. The van der Waals surface area contributed by atoms with Crippen LogP contribution in [0.5, 0.6) is 0 Å². The van der Waals surface area contributed by atoms with Crippen LogP contribution in [0.2, 0.25) is 0 Å². The molecule has 0 radical (unpaired) electrons. The van der Waals surface area contributed by atoms with E-state index >= 15 is 0 Å². The normalized spacial score (nSPS) is 14.0. The highest BCUT2D eigenvalue weighted by atomic mass is 16.5. The molecule has 0 saturated carbocycles. The van der Waals surface area contributed by atoms with Gasteiger partial charge in [-0.2, -0.15) is 0 Å². The molecule has 3 rings (SSSR count). The fourth-order valence-corrected chi connectivity index (χ4v) is 3.68. The highest BCUT2D eigenvalue weighted by Gasteiger charge is 2.44. The van der Waals surface area contributed by atoms with Crippen molar-refractivity contribution in [2.75, 3.05) is 6.61 Å². The Bertz CT molecular complexity index is 958. The molecule has 0 saturated heterocycles. The van der Waals surface area contributed by atoms with Crippen molar-refractivity contribution in [1.29, 1.82) is 0 Å². The molecule has 2 amide bonds. The fraction of sp³-hybridized carbons (Fsp3) is 0.360. The topological polar surface area (TPSA) is 80.8 Å². The Kier molecular flexibility index (Phi) is 7.00. The maximum Gasteiger partial charge on any atom is 0.330 e. The molecule has 0 bridgehead atoms. The van der Waals surface area contributed by atoms with E-state index in [1.165, 1.54) is 0 Å². The molecule has 6 nitrogen and oxygen atoms in total. The lowest BCUT2D eigenvalue weighted by molar-refractivity contribution is -0.148. The van der Waals surface area contributed by atoms with Gasteiger partial charge in [0.15, 0.2) is 12.4 Å². The summed E-state index contributed by atoms with van der Waals surface area (Å²) in [5.74, 6) is -2.52. The predicted molar refractivity (Wildman–Crippen MR) is 116 cm³/mol. The van der Waals surface area contributed by atoms with E-state index in [0.717, 1.165) is 29.7 Å². The van der Waals surface area contributed by atoms with Crippen LogP contribution in [0.3, 0.4) is 0 Å². The first-order valence-electron chi connectivity index (χ1n) is 10.6. The summed E-state index contributed by atoms with van der Waals surface area (Å²) >= 11 is 0. The van der Waals surface area contributed by atoms with Crippen LogP contribution in [0.25, 0.3) is 0 Å². The van der Waals surface area contributed by atoms with Crippen molar-refractivity contribution < 1.29 is 23.9 Å². The van der Waals surface area contributed by atoms with E-state index in [-0.39, 0.29) is 22.8 Å². The molecule has 2 aromatic carbocycles. The highest BCUT2D eigenvalue weighted by molar-refractivity contribution is 6.22. The van der Waals surface area contributed by atoms with E-state index in [4.69, 9.17) is 4.74 Å². The van der Waals surface area contributed by atoms with Gasteiger partial charge in [-0.3, -0.25) is 19.3 Å². The van der Waals surface area contributed by atoms with Gasteiger partial charge in [-0.15, -0.1) is 0 Å². The lowest BCUT2D eigenvalue weighted by atomic mass is 10.0. The van der Waals surface area contributed by atoms with E-state index in [9.17, 15) is 19.2 Å². The second-order valence-corrected chi connectivity index (χ2v) is 8.05. The minimum Gasteiger partial charge on any atom is -0.456 e. The maximum atomic E-state index is 12.8. The minimum atomic E-state index is -1.10. The van der Waals surface area contributed by atoms with Gasteiger partial charge in [0.1, 0.15) is 6.04 Å². The van der Waals surface area contributed by atoms with E-state index in [1.807, 2.05) is 12.1 Å². The van der Waals surface area contributed by atoms with Crippen molar-refractivity contribution in [2.45, 2.75) is 46.1 Å². The molecule has 0 aliphatic carbocycles. The molecule has 6 heteroatoms. The number of Topliss-reactive ketones (excluding diaryl/α,β-unsaturated/α-hetero) is 1. The van der Waals surface area contributed by atoms with Gasteiger partial charge in [-0.1, -0.05) is 63.6 Å². The lowest BCUT2D eigenvalue weighted by Gasteiger charge is -2.27. The number of carbonyl (C=O) groups is 4. The zero-order valence-corrected chi connectivity index (χ0v) is 18.1. The van der Waals surface area contributed by atoms with Gasteiger partial charge >= 0.3 is 5.97 Å². The number of nitrogens with zero attached hydrogens (tertiary/aromatic N) is 1. The van der Waals surface area contributed by atoms with Crippen molar-refractivity contribution in [3.8, 4) is 0 Å². The first-order valence-corrected chi connectivity index (χ1v) is 10.6. The molecule has 0 unspecified atom stereocenters. The molecular weight excluding hydrogens is 394 g/mol. The number of unbranched alkanes of at least 4 members (excludes halogenated alkanes) is 1. The molecule has 1 aliphatic heterocycles. The standard InChI is InChI=1S/C25H27NO5/c1-4-5-8-17-11-13-18(14-12-17)21(27)15-31-25(30)22(16(2)3)26-23(28)19-9-6-7-10-20(19)24(26)29/h6-7,9-14,16,22H,4-5,8,15H2,1-3H3/t22-/m1/s1. The number of ketones is 1. The molecule has 1 heterocycles. The molecule has 0 aromatic heterocycles. The molecule has 162 valence electrons. The summed E-state index contributed by atoms with van der Waals surface area (Å²) in [4.78, 5) is 51.7. The van der Waals surface area contributed by atoms with Crippen molar-refractivity contribution in [2.24, 2.45) is 5.92 Å². The number of imide groups is 1. The van der Waals surface area contributed by atoms with Crippen LogP contribution in [-0.2, 0) is 16.0 Å². The number of aryl methyl sites for hydroxylation is 1. The summed E-state index contributed by atoms with van der Waals surface area (Å²) in [5, 5.41) is 0. The SMILES string of the molecule is CCCCc1ccc(C(=O)COC(=O)[C@@H](C(C)C)N2C(=O)c3ccccc3C2=O)cc1. The van der Waals surface area contributed by atoms with Crippen LogP contribution in [-0.4, -0.2) is 41.1 Å². The van der Waals surface area contributed by atoms with Gasteiger partial charge < -0.3 is 4.74 Å². The summed E-state index contributed by atoms with van der Waals surface area (Å²) in [6.45, 7) is 5.14. The summed E-state index contributed by atoms with van der Waals surface area (Å²) < 4.78 is 5.25. The van der Waals surface area contributed by atoms with Gasteiger partial charge in [0.05, 0.1) is 11.1 Å². The van der Waals surface area contributed by atoms with Crippen LogP contribution in [0, 0.1) is 5.92 Å². The highest BCUT2D eigenvalue weighted by Crippen LogP contribution is 2.27. The number of amides is 2. The second-order valence-electron chi connectivity index (χ2n) is 8.05. The van der Waals surface area contributed by atoms with Crippen molar-refractivity contribution in [1.82, 2.24) is 4.90 Å². The number of hydrogen-bond donors (Lipinski definition) is 0. The number of benzene rings is 2. The Labute approximate surface area is 182 Å². The van der Waals surface area contributed by atoms with E-state index in [2.05, 4.69) is 6.92 Å². The minimum absolute atomic E-state index is 0.269. The summed E-state index contributed by atoms with van der Waals surface area (Å²) in [6.07, 6.45) is 3.14. The second kappa shape index (κ2) is 9.69. The maximum absolute atomic E-state index is 12.8. The molecule has 2 aromatic rings. The van der Waals surface area contributed by atoms with Gasteiger partial charge in [-0.25, -0.2) is 4.79 Å². The van der Waals surface area contributed by atoms with Crippen molar-refractivity contribution in [3.63, 3.8) is 0 Å². The molecule has 31 heavy (non-hydrogen) atoms. The van der Waals surface area contributed by atoms with Crippen LogP contribution in [0.15, 0.2) is 48.5 Å². The molecule has 0 spiro atoms. The molecular formula is C25H27NO5. The Hall–Kier alpha value is -3.28. The van der Waals surface area contributed by atoms with Gasteiger partial charge in [0, 0.05) is 5.56 Å². The third-order valence-corrected chi connectivity index (χ3v) is 5.42. The predicted octanol–water partition coefficient (Wildman–Crippen LogP) is 4.08. The Morgan fingerprint density at radius 1 is 0.935 bits per heavy atom. The first kappa shape index (κ1) is 22.4. The van der Waals surface area contributed by atoms with Crippen molar-refractivity contribution >= 4 is 23.6 Å². The van der Waals surface area contributed by atoms with Crippen LogP contribution < -0.4 is 0 Å². The summed E-state index contributed by atoms with van der Waals surface area (Å²) in [6, 6.07) is 12.6. The molecule has 0 N–H and O–H groups in total. The Balaban J connectivity index is 1.67. The average molecular weight is 421 g/mol. The zero-order valence-electron chi connectivity index (χ0n) is 18.1. The van der Waals surface area contributed by atoms with Gasteiger partial charge in [0.2, 0.25) is 0 Å². The lowest BCUT2D eigenvalue weighted by Crippen LogP contribution is -2.49. The van der Waals surface area contributed by atoms with Crippen molar-refractivity contribution in [3.05, 3.63) is 70.8 Å². The third kappa shape index (κ3) is 4.74. The quantitative estimate of drug-likeness (QED) is 0.346. The number of hydrogen-bond acceptors (Lipinski definition) is 5. The first-order chi connectivity index (χ1) is 14.8. The van der Waals surface area contributed by atoms with E-state index in [1.54, 1.807) is 50.2 Å². The average Bonchev–Trinajstić information content (AvgIpc) is 3.02. The van der Waals surface area contributed by atoms with Gasteiger partial charge in [0.25, 0.3) is 11.8 Å². The molecule has 1 atom stereocenters. The zero-order chi connectivity index (χ0) is 22.5. The third-order valence-electron chi connectivity index (χ3n) is 5.42. The van der Waals surface area contributed by atoms with Crippen LogP contribution >= 0.6 is 0 Å².